The molecule has 21 heavy (non-hydrogen) atoms. The van der Waals surface area contributed by atoms with Gasteiger partial charge in [0.1, 0.15) is 0 Å². The Morgan fingerprint density at radius 3 is 2.71 bits per heavy atom. The molecule has 3 unspecified atom stereocenters. The highest BCUT2D eigenvalue weighted by Gasteiger charge is 2.45. The van der Waals surface area contributed by atoms with Crippen molar-refractivity contribution >= 4 is 17.7 Å². The summed E-state index contributed by atoms with van der Waals surface area (Å²) in [5.74, 6) is 2.00. The average Bonchev–Trinajstić information content (AvgIpc) is 3.25. The third-order valence-corrected chi connectivity index (χ3v) is 7.00. The van der Waals surface area contributed by atoms with Crippen molar-refractivity contribution in [3.8, 4) is 0 Å². The average molecular weight is 314 g/mol. The first-order valence-corrected chi connectivity index (χ1v) is 9.53. The molecule has 2 rings (SSSR count). The molecule has 2 aliphatic carbocycles. The molecule has 0 aromatic carbocycles. The number of hydrogen-bond acceptors (Lipinski definition) is 4. The SMILES string of the molecule is CCCC1CCC(NC)C(SCC2(CC(=O)OC)CC2)C1. The molecule has 2 saturated carbocycles. The molecule has 0 saturated heterocycles. The van der Waals surface area contributed by atoms with Crippen molar-refractivity contribution in [1.29, 1.82) is 0 Å². The van der Waals surface area contributed by atoms with Crippen molar-refractivity contribution in [2.24, 2.45) is 11.3 Å². The molecule has 0 aromatic heterocycles. The van der Waals surface area contributed by atoms with Gasteiger partial charge in [0.25, 0.3) is 0 Å². The van der Waals surface area contributed by atoms with Crippen molar-refractivity contribution in [2.75, 3.05) is 19.9 Å². The van der Waals surface area contributed by atoms with Crippen LogP contribution in [0.5, 0.6) is 0 Å². The van der Waals surface area contributed by atoms with Crippen molar-refractivity contribution in [1.82, 2.24) is 5.32 Å². The standard InChI is InChI=1S/C17H31NO2S/c1-4-5-13-6-7-14(18-2)15(10-13)21-12-17(8-9-17)11-16(19)20-3/h13-15,18H,4-12H2,1-3H3. The van der Waals surface area contributed by atoms with Crippen LogP contribution in [0.2, 0.25) is 0 Å². The number of carbonyl (C=O) groups excluding carboxylic acids is 1. The summed E-state index contributed by atoms with van der Waals surface area (Å²) < 4.78 is 4.85. The maximum absolute atomic E-state index is 11.5. The van der Waals surface area contributed by atoms with Crippen LogP contribution in [0.25, 0.3) is 0 Å². The topological polar surface area (TPSA) is 38.3 Å². The summed E-state index contributed by atoms with van der Waals surface area (Å²) in [5.41, 5.74) is 0.258. The van der Waals surface area contributed by atoms with Gasteiger partial charge in [-0.15, -0.1) is 0 Å². The maximum atomic E-state index is 11.5. The summed E-state index contributed by atoms with van der Waals surface area (Å²) in [7, 11) is 3.60. The number of rotatable bonds is 8. The Labute approximate surface area is 134 Å². The fraction of sp³-hybridized carbons (Fsp3) is 0.941. The quantitative estimate of drug-likeness (QED) is 0.695. The normalized spacial score (nSPS) is 30.9. The fourth-order valence-electron chi connectivity index (χ4n) is 3.61. The number of hydrogen-bond donors (Lipinski definition) is 1. The van der Waals surface area contributed by atoms with Gasteiger partial charge in [0.05, 0.1) is 13.5 Å². The predicted molar refractivity (Wildman–Crippen MR) is 89.6 cm³/mol. The van der Waals surface area contributed by atoms with E-state index in [1.165, 1.54) is 52.1 Å². The highest BCUT2D eigenvalue weighted by atomic mass is 32.2. The van der Waals surface area contributed by atoms with Gasteiger partial charge < -0.3 is 10.1 Å². The highest BCUT2D eigenvalue weighted by molar-refractivity contribution is 8.00. The molecule has 0 amide bonds. The molecule has 0 aliphatic heterocycles. The number of ether oxygens (including phenoxy) is 1. The molecule has 3 atom stereocenters. The molecule has 0 radical (unpaired) electrons. The van der Waals surface area contributed by atoms with E-state index in [9.17, 15) is 4.79 Å². The third-order valence-electron chi connectivity index (χ3n) is 5.28. The van der Waals surface area contributed by atoms with E-state index in [4.69, 9.17) is 4.74 Å². The largest absolute Gasteiger partial charge is 0.469 e. The number of esters is 1. The highest BCUT2D eigenvalue weighted by Crippen LogP contribution is 2.52. The zero-order valence-electron chi connectivity index (χ0n) is 13.8. The lowest BCUT2D eigenvalue weighted by atomic mass is 9.83. The summed E-state index contributed by atoms with van der Waals surface area (Å²) in [6.07, 6.45) is 9.73. The summed E-state index contributed by atoms with van der Waals surface area (Å²) in [6, 6.07) is 0.650. The van der Waals surface area contributed by atoms with Crippen LogP contribution in [0.4, 0.5) is 0 Å². The van der Waals surface area contributed by atoms with Crippen LogP contribution in [-0.2, 0) is 9.53 Å². The zero-order valence-corrected chi connectivity index (χ0v) is 14.6. The Kier molecular flexibility index (Phi) is 6.42. The second-order valence-electron chi connectivity index (χ2n) is 6.97. The van der Waals surface area contributed by atoms with Crippen molar-refractivity contribution in [2.45, 2.75) is 69.6 Å². The van der Waals surface area contributed by atoms with Gasteiger partial charge in [-0.3, -0.25) is 4.79 Å². The second-order valence-corrected chi connectivity index (χ2v) is 8.19. The minimum absolute atomic E-state index is 0.0363. The Bertz CT molecular complexity index is 344. The van der Waals surface area contributed by atoms with Gasteiger partial charge in [-0.05, 0) is 56.2 Å². The Hall–Kier alpha value is -0.220. The smallest absolute Gasteiger partial charge is 0.306 e. The molecule has 122 valence electrons. The van der Waals surface area contributed by atoms with Crippen molar-refractivity contribution in [3.63, 3.8) is 0 Å². The lowest BCUT2D eigenvalue weighted by Gasteiger charge is -2.36. The molecule has 4 heteroatoms. The van der Waals surface area contributed by atoms with Crippen LogP contribution >= 0.6 is 11.8 Å². The minimum atomic E-state index is -0.0363. The van der Waals surface area contributed by atoms with Gasteiger partial charge in [0, 0.05) is 11.3 Å². The number of carbonyl (C=O) groups is 1. The lowest BCUT2D eigenvalue weighted by Crippen LogP contribution is -2.41. The van der Waals surface area contributed by atoms with Gasteiger partial charge in [-0.2, -0.15) is 11.8 Å². The van der Waals surface area contributed by atoms with Crippen LogP contribution in [-0.4, -0.2) is 37.2 Å². The number of nitrogens with one attached hydrogen (secondary N) is 1. The molecule has 3 nitrogen and oxygen atoms in total. The van der Waals surface area contributed by atoms with Gasteiger partial charge in [-0.25, -0.2) is 0 Å². The second kappa shape index (κ2) is 7.87. The van der Waals surface area contributed by atoms with Gasteiger partial charge in [0.2, 0.25) is 0 Å². The molecule has 2 aliphatic rings. The van der Waals surface area contributed by atoms with E-state index in [2.05, 4.69) is 31.1 Å². The van der Waals surface area contributed by atoms with E-state index in [0.717, 1.165) is 16.9 Å². The first-order valence-electron chi connectivity index (χ1n) is 8.48. The minimum Gasteiger partial charge on any atom is -0.469 e. The Morgan fingerprint density at radius 2 is 2.14 bits per heavy atom. The van der Waals surface area contributed by atoms with Crippen LogP contribution in [0, 0.1) is 11.3 Å². The molecule has 0 spiro atoms. The molecule has 0 heterocycles. The lowest BCUT2D eigenvalue weighted by molar-refractivity contribution is -0.141. The molecule has 0 aromatic rings. The van der Waals surface area contributed by atoms with Gasteiger partial charge in [0.15, 0.2) is 0 Å². The Balaban J connectivity index is 1.83. The monoisotopic (exact) mass is 313 g/mol. The predicted octanol–water partition coefficient (Wildman–Crippen LogP) is 3.62. The van der Waals surface area contributed by atoms with Crippen LogP contribution in [0.15, 0.2) is 0 Å². The van der Waals surface area contributed by atoms with E-state index in [1.807, 2.05) is 0 Å². The summed E-state index contributed by atoms with van der Waals surface area (Å²) in [6.45, 7) is 2.29. The molecule has 1 N–H and O–H groups in total. The summed E-state index contributed by atoms with van der Waals surface area (Å²) in [4.78, 5) is 11.5. The molecule has 0 bridgehead atoms. The van der Waals surface area contributed by atoms with E-state index < -0.39 is 0 Å². The molecular formula is C17H31NO2S. The number of methoxy groups -OCH3 is 1. The van der Waals surface area contributed by atoms with Crippen LogP contribution < -0.4 is 5.32 Å². The first-order chi connectivity index (χ1) is 10.1. The summed E-state index contributed by atoms with van der Waals surface area (Å²) in [5, 5.41) is 4.23. The van der Waals surface area contributed by atoms with Gasteiger partial charge in [-0.1, -0.05) is 19.8 Å². The summed E-state index contributed by atoms with van der Waals surface area (Å²) >= 11 is 2.11. The molecular weight excluding hydrogens is 282 g/mol. The molecule has 2 fully saturated rings. The first kappa shape index (κ1) is 17.1. The third kappa shape index (κ3) is 4.88. The number of thioether (sulfide) groups is 1. The van der Waals surface area contributed by atoms with E-state index in [0.29, 0.717) is 12.5 Å². The fourth-order valence-corrected chi connectivity index (χ4v) is 5.48. The zero-order chi connectivity index (χ0) is 15.3. The van der Waals surface area contributed by atoms with Crippen LogP contribution in [0.3, 0.4) is 0 Å². The van der Waals surface area contributed by atoms with Crippen molar-refractivity contribution < 1.29 is 9.53 Å². The Morgan fingerprint density at radius 1 is 1.38 bits per heavy atom. The van der Waals surface area contributed by atoms with E-state index >= 15 is 0 Å². The van der Waals surface area contributed by atoms with Gasteiger partial charge >= 0.3 is 5.97 Å². The van der Waals surface area contributed by atoms with E-state index in [1.54, 1.807) is 0 Å². The van der Waals surface area contributed by atoms with E-state index in [-0.39, 0.29) is 11.4 Å². The van der Waals surface area contributed by atoms with Crippen molar-refractivity contribution in [3.05, 3.63) is 0 Å². The maximum Gasteiger partial charge on any atom is 0.306 e. The van der Waals surface area contributed by atoms with Crippen LogP contribution in [0.1, 0.15) is 58.3 Å².